The summed E-state index contributed by atoms with van der Waals surface area (Å²) < 4.78 is 15.4. The van der Waals surface area contributed by atoms with E-state index in [9.17, 15) is 19.5 Å². The van der Waals surface area contributed by atoms with Gasteiger partial charge in [-0.3, -0.25) is 9.59 Å². The lowest BCUT2D eigenvalue weighted by Gasteiger charge is -2.17. The molecule has 1 aromatic heterocycles. The van der Waals surface area contributed by atoms with Crippen LogP contribution < -0.4 is 25.7 Å². The number of aliphatic hydroxyl groups is 1. The predicted octanol–water partition coefficient (Wildman–Crippen LogP) is 1.47. The smallest absolute Gasteiger partial charge is 0.336 e. The maximum atomic E-state index is 12.5. The van der Waals surface area contributed by atoms with Crippen molar-refractivity contribution in [2.75, 3.05) is 26.1 Å². The minimum Gasteiger partial charge on any atom is -0.497 e. The van der Waals surface area contributed by atoms with E-state index in [1.807, 2.05) is 0 Å². The van der Waals surface area contributed by atoms with Crippen LogP contribution in [-0.4, -0.2) is 43.8 Å². The number of amides is 2. The van der Waals surface area contributed by atoms with Gasteiger partial charge in [0.2, 0.25) is 11.8 Å². The van der Waals surface area contributed by atoms with Gasteiger partial charge in [0, 0.05) is 29.3 Å². The van der Waals surface area contributed by atoms with Crippen molar-refractivity contribution in [1.82, 2.24) is 5.32 Å². The second kappa shape index (κ2) is 9.77. The standard InChI is InChI=1S/C22H22N2O7/c1-29-15-5-3-4-14(10-15)23-22(28)18(12-25)24-20(26)8-13-9-21(27)31-19-11-16(30-2)6-7-17(13)19/h3-7,9-11,18,25H,8,12H2,1-2H3,(H,23,28)(H,24,26). The van der Waals surface area contributed by atoms with Gasteiger partial charge in [-0.05, 0) is 29.8 Å². The Labute approximate surface area is 177 Å². The van der Waals surface area contributed by atoms with Gasteiger partial charge >= 0.3 is 5.63 Å². The molecule has 0 bridgehead atoms. The Kier molecular flexibility index (Phi) is 6.88. The molecule has 0 aliphatic heterocycles. The zero-order valence-corrected chi connectivity index (χ0v) is 17.0. The topological polar surface area (TPSA) is 127 Å². The van der Waals surface area contributed by atoms with Gasteiger partial charge in [-0.1, -0.05) is 6.07 Å². The van der Waals surface area contributed by atoms with Crippen molar-refractivity contribution in [2.24, 2.45) is 0 Å². The lowest BCUT2D eigenvalue weighted by atomic mass is 10.1. The number of ether oxygens (including phenoxy) is 2. The molecular formula is C22H22N2O7. The molecule has 1 unspecified atom stereocenters. The van der Waals surface area contributed by atoms with Crippen LogP contribution in [0.2, 0.25) is 0 Å². The van der Waals surface area contributed by atoms with Crippen molar-refractivity contribution in [2.45, 2.75) is 12.5 Å². The number of hydrogen-bond donors (Lipinski definition) is 3. The van der Waals surface area contributed by atoms with E-state index in [2.05, 4.69) is 10.6 Å². The van der Waals surface area contributed by atoms with Crippen LogP contribution in [0.25, 0.3) is 11.0 Å². The molecule has 3 rings (SSSR count). The van der Waals surface area contributed by atoms with E-state index >= 15 is 0 Å². The molecular weight excluding hydrogens is 404 g/mol. The minimum absolute atomic E-state index is 0.183. The van der Waals surface area contributed by atoms with Crippen LogP contribution in [0, 0.1) is 0 Å². The molecule has 9 nitrogen and oxygen atoms in total. The largest absolute Gasteiger partial charge is 0.497 e. The van der Waals surface area contributed by atoms with E-state index in [0.717, 1.165) is 0 Å². The Morgan fingerprint density at radius 1 is 1.06 bits per heavy atom. The van der Waals surface area contributed by atoms with Gasteiger partial charge in [0.25, 0.3) is 0 Å². The molecule has 3 aromatic rings. The second-order valence-corrected chi connectivity index (χ2v) is 6.65. The van der Waals surface area contributed by atoms with Crippen molar-refractivity contribution in [3.05, 3.63) is 64.5 Å². The van der Waals surface area contributed by atoms with E-state index in [-0.39, 0.29) is 12.0 Å². The Morgan fingerprint density at radius 2 is 1.81 bits per heavy atom. The summed E-state index contributed by atoms with van der Waals surface area (Å²) in [5, 5.41) is 15.2. The number of rotatable bonds is 8. The van der Waals surface area contributed by atoms with Crippen LogP contribution >= 0.6 is 0 Å². The van der Waals surface area contributed by atoms with Crippen LogP contribution in [-0.2, 0) is 16.0 Å². The summed E-state index contributed by atoms with van der Waals surface area (Å²) in [5.74, 6) is -0.0746. The van der Waals surface area contributed by atoms with Gasteiger partial charge in [-0.25, -0.2) is 4.79 Å². The lowest BCUT2D eigenvalue weighted by molar-refractivity contribution is -0.126. The maximum Gasteiger partial charge on any atom is 0.336 e. The first-order valence-corrected chi connectivity index (χ1v) is 9.39. The number of carbonyl (C=O) groups is 2. The predicted molar refractivity (Wildman–Crippen MR) is 113 cm³/mol. The molecule has 3 N–H and O–H groups in total. The first-order chi connectivity index (χ1) is 14.9. The Morgan fingerprint density at radius 3 is 2.52 bits per heavy atom. The van der Waals surface area contributed by atoms with E-state index in [0.29, 0.717) is 28.1 Å². The molecule has 0 aliphatic carbocycles. The Hall–Kier alpha value is -3.85. The summed E-state index contributed by atoms with van der Waals surface area (Å²) in [6.45, 7) is -0.601. The average Bonchev–Trinajstić information content (AvgIpc) is 2.76. The van der Waals surface area contributed by atoms with Crippen molar-refractivity contribution >= 4 is 28.5 Å². The molecule has 2 aromatic carbocycles. The summed E-state index contributed by atoms with van der Waals surface area (Å²) in [4.78, 5) is 36.9. The van der Waals surface area contributed by atoms with Gasteiger partial charge in [-0.2, -0.15) is 0 Å². The highest BCUT2D eigenvalue weighted by Crippen LogP contribution is 2.23. The summed E-state index contributed by atoms with van der Waals surface area (Å²) in [6, 6.07) is 11.6. The van der Waals surface area contributed by atoms with E-state index in [1.54, 1.807) is 42.5 Å². The molecule has 1 atom stereocenters. The second-order valence-electron chi connectivity index (χ2n) is 6.65. The third-order valence-electron chi connectivity index (χ3n) is 4.56. The third-order valence-corrected chi connectivity index (χ3v) is 4.56. The lowest BCUT2D eigenvalue weighted by Crippen LogP contribution is -2.46. The molecule has 9 heteroatoms. The molecule has 31 heavy (non-hydrogen) atoms. The Balaban J connectivity index is 1.72. The van der Waals surface area contributed by atoms with Crippen molar-refractivity contribution in [3.63, 3.8) is 0 Å². The maximum absolute atomic E-state index is 12.5. The summed E-state index contributed by atoms with van der Waals surface area (Å²) in [5.41, 5.74) is 0.552. The van der Waals surface area contributed by atoms with Crippen molar-refractivity contribution < 1.29 is 28.6 Å². The molecule has 2 amide bonds. The fourth-order valence-electron chi connectivity index (χ4n) is 3.03. The number of fused-ring (bicyclic) bond motifs is 1. The molecule has 0 aliphatic rings. The van der Waals surface area contributed by atoms with E-state index in [4.69, 9.17) is 13.9 Å². The normalized spacial score (nSPS) is 11.6. The number of methoxy groups -OCH3 is 2. The number of aliphatic hydroxyl groups excluding tert-OH is 1. The monoisotopic (exact) mass is 426 g/mol. The zero-order valence-electron chi connectivity index (χ0n) is 17.0. The number of anilines is 1. The third kappa shape index (κ3) is 5.40. The van der Waals surface area contributed by atoms with E-state index in [1.165, 1.54) is 20.3 Å². The van der Waals surface area contributed by atoms with E-state index < -0.39 is 30.1 Å². The van der Waals surface area contributed by atoms with Crippen LogP contribution in [0.5, 0.6) is 11.5 Å². The van der Waals surface area contributed by atoms with Gasteiger partial charge in [-0.15, -0.1) is 0 Å². The zero-order chi connectivity index (χ0) is 22.4. The molecule has 0 saturated carbocycles. The number of carbonyl (C=O) groups excluding carboxylic acids is 2. The molecule has 0 radical (unpaired) electrons. The summed E-state index contributed by atoms with van der Waals surface area (Å²) in [6.07, 6.45) is -0.183. The first kappa shape index (κ1) is 21.8. The van der Waals surface area contributed by atoms with Gasteiger partial charge in [0.05, 0.1) is 27.2 Å². The highest BCUT2D eigenvalue weighted by molar-refractivity contribution is 5.98. The highest BCUT2D eigenvalue weighted by atomic mass is 16.5. The number of hydrogen-bond acceptors (Lipinski definition) is 7. The fraction of sp³-hybridized carbons (Fsp3) is 0.227. The quantitative estimate of drug-likeness (QED) is 0.466. The number of nitrogens with one attached hydrogen (secondary N) is 2. The fourth-order valence-corrected chi connectivity index (χ4v) is 3.03. The molecule has 1 heterocycles. The van der Waals surface area contributed by atoms with Gasteiger partial charge in [0.1, 0.15) is 23.1 Å². The van der Waals surface area contributed by atoms with Crippen LogP contribution in [0.1, 0.15) is 5.56 Å². The van der Waals surface area contributed by atoms with Crippen LogP contribution in [0.4, 0.5) is 5.69 Å². The summed E-state index contributed by atoms with van der Waals surface area (Å²) >= 11 is 0. The summed E-state index contributed by atoms with van der Waals surface area (Å²) in [7, 11) is 2.99. The Bertz CT molecular complexity index is 1160. The first-order valence-electron chi connectivity index (χ1n) is 9.39. The molecule has 162 valence electrons. The highest BCUT2D eigenvalue weighted by Gasteiger charge is 2.21. The van der Waals surface area contributed by atoms with Crippen molar-refractivity contribution in [3.8, 4) is 11.5 Å². The molecule has 0 spiro atoms. The average molecular weight is 426 g/mol. The molecule has 0 saturated heterocycles. The number of benzene rings is 2. The van der Waals surface area contributed by atoms with Crippen molar-refractivity contribution in [1.29, 1.82) is 0 Å². The van der Waals surface area contributed by atoms with Crippen LogP contribution in [0.3, 0.4) is 0 Å². The van der Waals surface area contributed by atoms with Gasteiger partial charge < -0.3 is 29.6 Å². The van der Waals surface area contributed by atoms with Crippen LogP contribution in [0.15, 0.2) is 57.7 Å². The SMILES string of the molecule is COc1cccc(NC(=O)C(CO)NC(=O)Cc2cc(=O)oc3cc(OC)ccc23)c1. The minimum atomic E-state index is -1.18. The van der Waals surface area contributed by atoms with Gasteiger partial charge in [0.15, 0.2) is 0 Å². The molecule has 0 fully saturated rings.